The first-order valence-corrected chi connectivity index (χ1v) is 8.87. The number of sulfonamides is 1. The molecule has 0 spiro atoms. The van der Waals surface area contributed by atoms with Gasteiger partial charge in [0.1, 0.15) is 0 Å². The van der Waals surface area contributed by atoms with Crippen molar-refractivity contribution in [1.82, 2.24) is 4.90 Å². The summed E-state index contributed by atoms with van der Waals surface area (Å²) in [5.41, 5.74) is 0. The zero-order chi connectivity index (χ0) is 13.4. The van der Waals surface area contributed by atoms with E-state index in [1.165, 1.54) is 0 Å². The number of amides is 1. The molecule has 104 valence electrons. The second-order valence-corrected chi connectivity index (χ2v) is 8.73. The Morgan fingerprint density at radius 2 is 2.17 bits per heavy atom. The minimum Gasteiger partial charge on any atom is -0.340 e. The van der Waals surface area contributed by atoms with Crippen LogP contribution >= 0.6 is 11.8 Å². The molecular formula is C11H20N2O3S2. The molecule has 0 saturated carbocycles. The number of nitrogens with two attached hydrogens (primary N) is 1. The highest BCUT2D eigenvalue weighted by atomic mass is 32.2. The molecule has 0 aliphatic carbocycles. The Hall–Kier alpha value is -0.270. The third-order valence-electron chi connectivity index (χ3n) is 3.80. The summed E-state index contributed by atoms with van der Waals surface area (Å²) >= 11 is 1.68. The Morgan fingerprint density at radius 1 is 1.44 bits per heavy atom. The fraction of sp³-hybridized carbons (Fsp3) is 0.909. The summed E-state index contributed by atoms with van der Waals surface area (Å²) in [7, 11) is -3.54. The van der Waals surface area contributed by atoms with Crippen molar-refractivity contribution in [2.75, 3.05) is 18.8 Å². The molecule has 0 aromatic heterocycles. The second kappa shape index (κ2) is 5.02. The van der Waals surface area contributed by atoms with Crippen LogP contribution in [0.25, 0.3) is 0 Å². The highest BCUT2D eigenvalue weighted by molar-refractivity contribution is 8.01. The van der Waals surface area contributed by atoms with E-state index < -0.39 is 15.3 Å². The van der Waals surface area contributed by atoms with Gasteiger partial charge in [-0.1, -0.05) is 0 Å². The van der Waals surface area contributed by atoms with Gasteiger partial charge in [-0.2, -0.15) is 0 Å². The highest BCUT2D eigenvalue weighted by Gasteiger charge is 2.42. The third kappa shape index (κ3) is 2.83. The third-order valence-corrected chi connectivity index (χ3v) is 6.62. The van der Waals surface area contributed by atoms with Crippen LogP contribution in [0.15, 0.2) is 0 Å². The monoisotopic (exact) mass is 292 g/mol. The molecule has 2 aliphatic rings. The van der Waals surface area contributed by atoms with Gasteiger partial charge in [-0.15, -0.1) is 11.8 Å². The van der Waals surface area contributed by atoms with Crippen LogP contribution < -0.4 is 5.14 Å². The van der Waals surface area contributed by atoms with E-state index in [0.29, 0.717) is 19.4 Å². The van der Waals surface area contributed by atoms with Crippen molar-refractivity contribution < 1.29 is 13.2 Å². The molecule has 0 radical (unpaired) electrons. The van der Waals surface area contributed by atoms with Gasteiger partial charge in [-0.3, -0.25) is 4.79 Å². The van der Waals surface area contributed by atoms with Gasteiger partial charge in [-0.25, -0.2) is 13.6 Å². The van der Waals surface area contributed by atoms with Gasteiger partial charge in [-0.05, 0) is 38.4 Å². The lowest BCUT2D eigenvalue weighted by Gasteiger charge is -2.36. The van der Waals surface area contributed by atoms with Gasteiger partial charge in [0, 0.05) is 13.1 Å². The Morgan fingerprint density at radius 3 is 2.72 bits per heavy atom. The molecular weight excluding hydrogens is 272 g/mol. The number of hydrogen-bond acceptors (Lipinski definition) is 4. The first-order valence-electron chi connectivity index (χ1n) is 6.28. The molecule has 2 rings (SSSR count). The Balaban J connectivity index is 2.07. The zero-order valence-electron chi connectivity index (χ0n) is 10.6. The number of nitrogens with zero attached hydrogens (tertiary/aromatic N) is 1. The lowest BCUT2D eigenvalue weighted by molar-refractivity contribution is -0.134. The molecule has 0 bridgehead atoms. The Kier molecular flexibility index (Phi) is 3.94. The van der Waals surface area contributed by atoms with Crippen LogP contribution in [-0.4, -0.2) is 48.1 Å². The van der Waals surface area contributed by atoms with Crippen LogP contribution in [0.5, 0.6) is 0 Å². The zero-order valence-corrected chi connectivity index (χ0v) is 12.2. The summed E-state index contributed by atoms with van der Waals surface area (Å²) in [6, 6.07) is 0. The van der Waals surface area contributed by atoms with E-state index in [1.807, 2.05) is 6.92 Å². The Labute approximate surface area is 113 Å². The van der Waals surface area contributed by atoms with Crippen LogP contribution in [0.4, 0.5) is 0 Å². The quantitative estimate of drug-likeness (QED) is 0.806. The average molecular weight is 292 g/mol. The fourth-order valence-electron chi connectivity index (χ4n) is 2.67. The van der Waals surface area contributed by atoms with E-state index in [1.54, 1.807) is 16.7 Å². The molecule has 2 saturated heterocycles. The van der Waals surface area contributed by atoms with Crippen molar-refractivity contribution in [2.24, 2.45) is 5.14 Å². The molecule has 5 nitrogen and oxygen atoms in total. The topological polar surface area (TPSA) is 80.5 Å². The van der Waals surface area contributed by atoms with Crippen molar-refractivity contribution in [3.63, 3.8) is 0 Å². The SMILES string of the molecule is CC1(C(=O)N2CCCC(S(N)(=O)=O)C2)CCCS1. The predicted molar refractivity (Wildman–Crippen MR) is 72.8 cm³/mol. The molecule has 0 aromatic rings. The van der Waals surface area contributed by atoms with Gasteiger partial charge in [0.05, 0.1) is 10.00 Å². The van der Waals surface area contributed by atoms with Gasteiger partial charge < -0.3 is 4.90 Å². The van der Waals surface area contributed by atoms with E-state index in [2.05, 4.69) is 0 Å². The van der Waals surface area contributed by atoms with Gasteiger partial charge in [0.25, 0.3) is 0 Å². The van der Waals surface area contributed by atoms with Crippen molar-refractivity contribution >= 4 is 27.7 Å². The van der Waals surface area contributed by atoms with E-state index in [-0.39, 0.29) is 17.2 Å². The maximum absolute atomic E-state index is 12.5. The molecule has 18 heavy (non-hydrogen) atoms. The van der Waals surface area contributed by atoms with Crippen LogP contribution in [0, 0.1) is 0 Å². The van der Waals surface area contributed by atoms with E-state index >= 15 is 0 Å². The van der Waals surface area contributed by atoms with Crippen LogP contribution in [0.1, 0.15) is 32.6 Å². The summed E-state index contributed by atoms with van der Waals surface area (Å²) in [4.78, 5) is 14.2. The normalized spacial score (nSPS) is 33.7. The molecule has 7 heteroatoms. The number of thioether (sulfide) groups is 1. The fourth-order valence-corrected chi connectivity index (χ4v) is 4.84. The maximum atomic E-state index is 12.5. The minimum atomic E-state index is -3.54. The number of rotatable bonds is 2. The number of carbonyl (C=O) groups excluding carboxylic acids is 1. The van der Waals surface area contributed by atoms with Crippen molar-refractivity contribution in [3.8, 4) is 0 Å². The molecule has 2 atom stereocenters. The summed E-state index contributed by atoms with van der Waals surface area (Å²) in [6.07, 6.45) is 3.21. The molecule has 1 amide bonds. The number of primary sulfonamides is 1. The van der Waals surface area contributed by atoms with Gasteiger partial charge in [0.2, 0.25) is 15.9 Å². The van der Waals surface area contributed by atoms with E-state index in [9.17, 15) is 13.2 Å². The summed E-state index contributed by atoms with van der Waals surface area (Å²) in [6.45, 7) is 2.88. The predicted octanol–water partition coefficient (Wildman–Crippen LogP) is 0.552. The molecule has 2 unspecified atom stereocenters. The van der Waals surface area contributed by atoms with Crippen LogP contribution in [-0.2, 0) is 14.8 Å². The van der Waals surface area contributed by atoms with Gasteiger partial charge >= 0.3 is 0 Å². The van der Waals surface area contributed by atoms with E-state index in [4.69, 9.17) is 5.14 Å². The maximum Gasteiger partial charge on any atom is 0.238 e. The first kappa shape index (κ1) is 14.1. The number of carbonyl (C=O) groups is 1. The van der Waals surface area contributed by atoms with Crippen LogP contribution in [0.2, 0.25) is 0 Å². The molecule has 0 aromatic carbocycles. The molecule has 2 heterocycles. The minimum absolute atomic E-state index is 0.0818. The van der Waals surface area contributed by atoms with E-state index in [0.717, 1.165) is 18.6 Å². The smallest absolute Gasteiger partial charge is 0.238 e. The number of hydrogen-bond donors (Lipinski definition) is 1. The number of likely N-dealkylation sites (tertiary alicyclic amines) is 1. The molecule has 2 aliphatic heterocycles. The standard InChI is InChI=1S/C11H20N2O3S2/c1-11(5-3-7-17-11)10(14)13-6-2-4-9(8-13)18(12,15)16/h9H,2-8H2,1H3,(H2,12,15,16). The number of piperidine rings is 1. The van der Waals surface area contributed by atoms with Crippen LogP contribution in [0.3, 0.4) is 0 Å². The lowest BCUT2D eigenvalue weighted by atomic mass is 10.0. The molecule has 2 N–H and O–H groups in total. The first-order chi connectivity index (χ1) is 8.33. The summed E-state index contributed by atoms with van der Waals surface area (Å²) in [5, 5.41) is 4.60. The summed E-state index contributed by atoms with van der Waals surface area (Å²) < 4.78 is 22.4. The Bertz CT molecular complexity index is 430. The molecule has 2 fully saturated rings. The highest BCUT2D eigenvalue weighted by Crippen LogP contribution is 2.39. The summed E-state index contributed by atoms with van der Waals surface area (Å²) in [5.74, 6) is 1.09. The largest absolute Gasteiger partial charge is 0.340 e. The second-order valence-electron chi connectivity index (χ2n) is 5.29. The van der Waals surface area contributed by atoms with Gasteiger partial charge in [0.15, 0.2) is 0 Å². The van der Waals surface area contributed by atoms with Crippen molar-refractivity contribution in [1.29, 1.82) is 0 Å². The van der Waals surface area contributed by atoms with Crippen molar-refractivity contribution in [3.05, 3.63) is 0 Å². The van der Waals surface area contributed by atoms with Crippen molar-refractivity contribution in [2.45, 2.75) is 42.6 Å². The average Bonchev–Trinajstić information content (AvgIpc) is 2.75. The lowest BCUT2D eigenvalue weighted by Crippen LogP contribution is -2.52.